The molecule has 0 bridgehead atoms. The van der Waals surface area contributed by atoms with Crippen LogP contribution in [0.3, 0.4) is 0 Å². The van der Waals surface area contributed by atoms with Gasteiger partial charge in [-0.2, -0.15) is 0 Å². The molecule has 92 valence electrons. The van der Waals surface area contributed by atoms with E-state index in [1.807, 2.05) is 6.07 Å². The van der Waals surface area contributed by atoms with Gasteiger partial charge in [0.25, 0.3) is 0 Å². The number of nitrogens with zero attached hydrogens (tertiary/aromatic N) is 1. The quantitative estimate of drug-likeness (QED) is 0.779. The van der Waals surface area contributed by atoms with E-state index >= 15 is 0 Å². The van der Waals surface area contributed by atoms with Crippen LogP contribution < -0.4 is 5.32 Å². The summed E-state index contributed by atoms with van der Waals surface area (Å²) in [5, 5.41) is 4.50. The van der Waals surface area contributed by atoms with Crippen molar-refractivity contribution in [2.75, 3.05) is 11.9 Å². The number of aromatic nitrogens is 2. The fourth-order valence-corrected chi connectivity index (χ4v) is 2.69. The third kappa shape index (κ3) is 2.00. The van der Waals surface area contributed by atoms with Crippen molar-refractivity contribution in [2.45, 2.75) is 6.42 Å². The Balaban J connectivity index is 2.29. The van der Waals surface area contributed by atoms with Crippen LogP contribution in [0.1, 0.15) is 5.56 Å². The first kappa shape index (κ1) is 12.0. The smallest absolute Gasteiger partial charge is 0.199 e. The van der Waals surface area contributed by atoms with E-state index in [-0.39, 0.29) is 0 Å². The van der Waals surface area contributed by atoms with Crippen LogP contribution in [-0.4, -0.2) is 16.5 Å². The minimum absolute atomic E-state index is 0.439. The molecule has 2 heterocycles. The summed E-state index contributed by atoms with van der Waals surface area (Å²) in [5.74, 6) is 0.838. The van der Waals surface area contributed by atoms with Crippen LogP contribution in [0, 0.1) is 4.77 Å². The third-order valence-corrected chi connectivity index (χ3v) is 3.66. The maximum absolute atomic E-state index is 6.23. The van der Waals surface area contributed by atoms with Crippen molar-refractivity contribution in [1.82, 2.24) is 9.97 Å². The first-order valence-corrected chi connectivity index (χ1v) is 6.64. The van der Waals surface area contributed by atoms with Crippen molar-refractivity contribution in [3.63, 3.8) is 0 Å². The Morgan fingerprint density at radius 1 is 1.28 bits per heavy atom. The van der Waals surface area contributed by atoms with Gasteiger partial charge in [-0.05, 0) is 36.8 Å². The number of H-pyrrole nitrogens is 1. The van der Waals surface area contributed by atoms with Crippen molar-refractivity contribution < 1.29 is 0 Å². The molecule has 0 radical (unpaired) electrons. The van der Waals surface area contributed by atoms with E-state index in [0.29, 0.717) is 14.8 Å². The number of hydrogen-bond acceptors (Lipinski definition) is 3. The normalized spacial score (nSPS) is 13.2. The van der Waals surface area contributed by atoms with Crippen molar-refractivity contribution in [3.05, 3.63) is 38.6 Å². The van der Waals surface area contributed by atoms with Gasteiger partial charge in [-0.15, -0.1) is 0 Å². The van der Waals surface area contributed by atoms with E-state index < -0.39 is 0 Å². The van der Waals surface area contributed by atoms with Crippen molar-refractivity contribution >= 4 is 41.2 Å². The molecule has 2 aromatic rings. The summed E-state index contributed by atoms with van der Waals surface area (Å²) in [6.45, 7) is 0.861. The number of hydrogen-bond donors (Lipinski definition) is 2. The molecular weight excluding hydrogens is 289 g/mol. The summed E-state index contributed by atoms with van der Waals surface area (Å²) in [6, 6.07) is 5.38. The monoisotopic (exact) mass is 297 g/mol. The van der Waals surface area contributed by atoms with Gasteiger partial charge < -0.3 is 10.3 Å². The number of benzene rings is 1. The lowest BCUT2D eigenvalue weighted by atomic mass is 10.1. The van der Waals surface area contributed by atoms with Crippen molar-refractivity contribution in [3.8, 4) is 11.3 Å². The number of fused-ring (bicyclic) bond motifs is 1. The minimum Gasteiger partial charge on any atom is -0.369 e. The second kappa shape index (κ2) is 4.53. The van der Waals surface area contributed by atoms with Crippen LogP contribution in [0.4, 0.5) is 5.82 Å². The van der Waals surface area contributed by atoms with Gasteiger partial charge in [-0.25, -0.2) is 4.98 Å². The zero-order valence-electron chi connectivity index (χ0n) is 9.26. The van der Waals surface area contributed by atoms with E-state index in [9.17, 15) is 0 Å². The van der Waals surface area contributed by atoms with Gasteiger partial charge in [0, 0.05) is 27.7 Å². The summed E-state index contributed by atoms with van der Waals surface area (Å²) >= 11 is 17.4. The molecule has 1 aromatic carbocycles. The van der Waals surface area contributed by atoms with E-state index in [1.165, 1.54) is 0 Å². The predicted octanol–water partition coefficient (Wildman–Crippen LogP) is 4.08. The van der Waals surface area contributed by atoms with Crippen LogP contribution in [0.2, 0.25) is 10.0 Å². The summed E-state index contributed by atoms with van der Waals surface area (Å²) in [4.78, 5) is 7.38. The number of anilines is 1. The van der Waals surface area contributed by atoms with Gasteiger partial charge in [0.15, 0.2) is 4.77 Å². The topological polar surface area (TPSA) is 40.7 Å². The molecule has 0 saturated carbocycles. The molecule has 3 nitrogen and oxygen atoms in total. The molecule has 2 N–H and O–H groups in total. The highest BCUT2D eigenvalue weighted by atomic mass is 35.5. The number of halogens is 2. The molecule has 0 aliphatic carbocycles. The second-order valence-electron chi connectivity index (χ2n) is 4.05. The fraction of sp³-hybridized carbons (Fsp3) is 0.167. The first-order chi connectivity index (χ1) is 8.65. The molecule has 0 saturated heterocycles. The second-order valence-corrected chi connectivity index (χ2v) is 5.28. The average molecular weight is 298 g/mol. The van der Waals surface area contributed by atoms with Gasteiger partial charge in [-0.3, -0.25) is 0 Å². The van der Waals surface area contributed by atoms with Crippen LogP contribution in [0.15, 0.2) is 18.2 Å². The lowest BCUT2D eigenvalue weighted by molar-refractivity contribution is 1.08. The molecule has 0 atom stereocenters. The Hall–Kier alpha value is -1.10. The SMILES string of the molecule is S=c1nc2c(c(-c3cc(Cl)ccc3Cl)[nH]1)CCN2. The van der Waals surface area contributed by atoms with Crippen LogP contribution in [0.5, 0.6) is 0 Å². The van der Waals surface area contributed by atoms with Crippen LogP contribution >= 0.6 is 35.4 Å². The van der Waals surface area contributed by atoms with Crippen molar-refractivity contribution in [1.29, 1.82) is 0 Å². The zero-order valence-corrected chi connectivity index (χ0v) is 11.6. The summed E-state index contributed by atoms with van der Waals surface area (Å²) in [6.07, 6.45) is 0.895. The molecular formula is C12H9Cl2N3S. The van der Waals surface area contributed by atoms with Gasteiger partial charge >= 0.3 is 0 Å². The maximum Gasteiger partial charge on any atom is 0.199 e. The Morgan fingerprint density at radius 3 is 2.94 bits per heavy atom. The molecule has 3 rings (SSSR count). The number of rotatable bonds is 1. The zero-order chi connectivity index (χ0) is 12.7. The Kier molecular flexibility index (Phi) is 3.01. The van der Waals surface area contributed by atoms with E-state index in [2.05, 4.69) is 15.3 Å². The van der Waals surface area contributed by atoms with E-state index in [1.54, 1.807) is 12.1 Å². The van der Waals surface area contributed by atoms with Crippen LogP contribution in [-0.2, 0) is 6.42 Å². The highest BCUT2D eigenvalue weighted by Gasteiger charge is 2.19. The van der Waals surface area contributed by atoms with E-state index in [0.717, 1.165) is 35.6 Å². The summed E-state index contributed by atoms with van der Waals surface area (Å²) < 4.78 is 0.439. The third-order valence-electron chi connectivity index (χ3n) is 2.90. The van der Waals surface area contributed by atoms with Gasteiger partial charge in [0.1, 0.15) is 5.82 Å². The van der Waals surface area contributed by atoms with Gasteiger partial charge in [0.2, 0.25) is 0 Å². The van der Waals surface area contributed by atoms with Gasteiger partial charge in [0.05, 0.1) is 5.69 Å². The predicted molar refractivity (Wildman–Crippen MR) is 77.1 cm³/mol. The molecule has 0 fully saturated rings. The molecule has 6 heteroatoms. The van der Waals surface area contributed by atoms with Crippen molar-refractivity contribution in [2.24, 2.45) is 0 Å². The number of nitrogens with one attached hydrogen (secondary N) is 2. The summed E-state index contributed by atoms with van der Waals surface area (Å²) in [5.41, 5.74) is 2.87. The Morgan fingerprint density at radius 2 is 2.11 bits per heavy atom. The lowest BCUT2D eigenvalue weighted by Gasteiger charge is -2.09. The molecule has 1 aromatic heterocycles. The molecule has 0 spiro atoms. The lowest BCUT2D eigenvalue weighted by Crippen LogP contribution is -1.96. The molecule has 1 aliphatic heterocycles. The Labute approximate surface area is 119 Å². The Bertz CT molecular complexity index is 682. The molecule has 0 amide bonds. The summed E-state index contributed by atoms with van der Waals surface area (Å²) in [7, 11) is 0. The highest BCUT2D eigenvalue weighted by Crippen LogP contribution is 2.35. The largest absolute Gasteiger partial charge is 0.369 e. The first-order valence-electron chi connectivity index (χ1n) is 5.47. The van der Waals surface area contributed by atoms with Gasteiger partial charge in [-0.1, -0.05) is 23.2 Å². The molecule has 1 aliphatic rings. The number of aromatic amines is 1. The average Bonchev–Trinajstić information content (AvgIpc) is 2.79. The maximum atomic E-state index is 6.23. The molecule has 0 unspecified atom stereocenters. The highest BCUT2D eigenvalue weighted by molar-refractivity contribution is 7.71. The molecule has 18 heavy (non-hydrogen) atoms. The minimum atomic E-state index is 0.439. The standard InChI is InChI=1S/C12H9Cl2N3S/c13-6-1-2-9(14)8(5-6)10-7-3-4-15-11(7)17-12(18)16-10/h1-2,5H,3-4H2,(H2,15,16,17,18). The van der Waals surface area contributed by atoms with E-state index in [4.69, 9.17) is 35.4 Å². The van der Waals surface area contributed by atoms with Crippen LogP contribution in [0.25, 0.3) is 11.3 Å². The fourth-order valence-electron chi connectivity index (χ4n) is 2.11.